The van der Waals surface area contributed by atoms with Crippen LogP contribution in [0.25, 0.3) is 0 Å². The predicted molar refractivity (Wildman–Crippen MR) is 103 cm³/mol. The molecule has 2 aliphatic rings. The second kappa shape index (κ2) is 7.09. The van der Waals surface area contributed by atoms with E-state index in [-0.39, 0.29) is 23.0 Å². The first-order valence-corrected chi connectivity index (χ1v) is 9.56. The zero-order valence-corrected chi connectivity index (χ0v) is 16.6. The zero-order valence-electron chi connectivity index (χ0n) is 16.6. The fourth-order valence-electron chi connectivity index (χ4n) is 4.81. The molecule has 1 unspecified atom stereocenters. The molecule has 1 aromatic carbocycles. The van der Waals surface area contributed by atoms with Crippen molar-refractivity contribution >= 4 is 5.71 Å². The van der Waals surface area contributed by atoms with Crippen molar-refractivity contribution < 1.29 is 8.78 Å². The number of fused-ring (bicyclic) bond motifs is 1. The number of hydrogen-bond donors (Lipinski definition) is 1. The van der Waals surface area contributed by atoms with Crippen molar-refractivity contribution in [1.82, 2.24) is 0 Å². The third-order valence-corrected chi connectivity index (χ3v) is 6.53. The Morgan fingerprint density at radius 3 is 2.28 bits per heavy atom. The molecule has 0 amide bonds. The van der Waals surface area contributed by atoms with Crippen LogP contribution in [0.4, 0.5) is 8.78 Å². The van der Waals surface area contributed by atoms with Crippen LogP contribution in [-0.2, 0) is 0 Å². The maximum absolute atomic E-state index is 14.1. The minimum absolute atomic E-state index is 0.0460. The third-order valence-electron chi connectivity index (χ3n) is 6.53. The summed E-state index contributed by atoms with van der Waals surface area (Å²) in [7, 11) is 0. The van der Waals surface area contributed by atoms with Gasteiger partial charge in [0.1, 0.15) is 5.92 Å². The lowest BCUT2D eigenvalue weighted by Crippen LogP contribution is -2.50. The summed E-state index contributed by atoms with van der Waals surface area (Å²) in [5, 5.41) is 38.2. The molecule has 0 radical (unpaired) electrons. The van der Waals surface area contributed by atoms with E-state index < -0.39 is 28.9 Å². The Hall–Kier alpha value is -3.04. The van der Waals surface area contributed by atoms with Crippen LogP contribution in [0.1, 0.15) is 45.1 Å². The van der Waals surface area contributed by atoms with Gasteiger partial charge in [0.15, 0.2) is 17.0 Å². The first-order chi connectivity index (χ1) is 13.6. The van der Waals surface area contributed by atoms with Gasteiger partial charge in [0.05, 0.1) is 23.9 Å². The van der Waals surface area contributed by atoms with Gasteiger partial charge in [0.2, 0.25) is 0 Å². The van der Waals surface area contributed by atoms with Crippen molar-refractivity contribution in [1.29, 1.82) is 21.2 Å². The maximum Gasteiger partial charge on any atom is 0.189 e. The molecule has 1 aromatic rings. The van der Waals surface area contributed by atoms with Gasteiger partial charge in [0.25, 0.3) is 0 Å². The van der Waals surface area contributed by atoms with Gasteiger partial charge in [-0.2, -0.15) is 15.8 Å². The third kappa shape index (κ3) is 3.12. The van der Waals surface area contributed by atoms with Crippen molar-refractivity contribution in [3.05, 3.63) is 47.0 Å². The van der Waals surface area contributed by atoms with Crippen LogP contribution in [0.2, 0.25) is 0 Å². The summed E-state index contributed by atoms with van der Waals surface area (Å²) in [4.78, 5) is 0. The number of nitrogens with one attached hydrogen (secondary N) is 1. The van der Waals surface area contributed by atoms with Crippen LogP contribution < -0.4 is 0 Å². The molecule has 0 heterocycles. The molecule has 1 saturated carbocycles. The summed E-state index contributed by atoms with van der Waals surface area (Å²) >= 11 is 0. The number of halogens is 2. The molecule has 4 nitrogen and oxygen atoms in total. The molecule has 0 aliphatic heterocycles. The van der Waals surface area contributed by atoms with E-state index in [9.17, 15) is 24.6 Å². The van der Waals surface area contributed by atoms with E-state index in [0.29, 0.717) is 17.6 Å². The van der Waals surface area contributed by atoms with Gasteiger partial charge in [-0.1, -0.05) is 32.9 Å². The monoisotopic (exact) mass is 392 g/mol. The number of nitriles is 3. The van der Waals surface area contributed by atoms with Crippen molar-refractivity contribution in [2.24, 2.45) is 28.6 Å². The molecule has 0 bridgehead atoms. The molecular formula is C23H22F2N4. The molecule has 4 atom stereocenters. The number of nitrogens with zero attached hydrogens (tertiary/aromatic N) is 3. The highest BCUT2D eigenvalue weighted by Gasteiger charge is 2.58. The van der Waals surface area contributed by atoms with Gasteiger partial charge in [-0.15, -0.1) is 0 Å². The number of allylic oxidation sites excluding steroid dienone is 2. The van der Waals surface area contributed by atoms with Crippen molar-refractivity contribution in [3.8, 4) is 18.2 Å². The highest BCUT2D eigenvalue weighted by Crippen LogP contribution is 2.57. The summed E-state index contributed by atoms with van der Waals surface area (Å²) in [6, 6.07) is 9.41. The molecule has 6 heteroatoms. The molecule has 0 spiro atoms. The van der Waals surface area contributed by atoms with E-state index in [1.54, 1.807) is 0 Å². The number of hydrogen-bond acceptors (Lipinski definition) is 4. The van der Waals surface area contributed by atoms with Crippen LogP contribution in [0.3, 0.4) is 0 Å². The van der Waals surface area contributed by atoms with E-state index in [4.69, 9.17) is 5.41 Å². The molecule has 0 aromatic heterocycles. The SMILES string of the molecule is CC(C)(C)[C@@H]1CC=C2C(C#N)C(=N)C(C#N)(C#N)[C@@H](c3ccc(F)c(F)c3)[C@H]2C1. The van der Waals surface area contributed by atoms with Gasteiger partial charge in [-0.3, -0.25) is 0 Å². The Balaban J connectivity index is 2.27. The Labute approximate surface area is 169 Å². The van der Waals surface area contributed by atoms with E-state index >= 15 is 0 Å². The molecule has 29 heavy (non-hydrogen) atoms. The average molecular weight is 392 g/mol. The summed E-state index contributed by atoms with van der Waals surface area (Å²) < 4.78 is 27.6. The minimum Gasteiger partial charge on any atom is -0.305 e. The quantitative estimate of drug-likeness (QED) is 0.661. The van der Waals surface area contributed by atoms with Crippen molar-refractivity contribution in [2.45, 2.75) is 39.5 Å². The Morgan fingerprint density at radius 1 is 1.10 bits per heavy atom. The van der Waals surface area contributed by atoms with Crippen molar-refractivity contribution in [3.63, 3.8) is 0 Å². The lowest BCUT2D eigenvalue weighted by Gasteiger charge is -2.49. The Kier molecular flexibility index (Phi) is 5.06. The van der Waals surface area contributed by atoms with Gasteiger partial charge >= 0.3 is 0 Å². The van der Waals surface area contributed by atoms with Crippen molar-refractivity contribution in [2.75, 3.05) is 0 Å². The fraction of sp³-hybridized carbons (Fsp3) is 0.478. The molecular weight excluding hydrogens is 370 g/mol. The molecule has 1 N–H and O–H groups in total. The molecule has 1 fully saturated rings. The van der Waals surface area contributed by atoms with E-state index in [1.165, 1.54) is 6.07 Å². The second-order valence-electron chi connectivity index (χ2n) is 9.00. The minimum atomic E-state index is -1.91. The summed E-state index contributed by atoms with van der Waals surface area (Å²) in [6.07, 6.45) is 3.30. The fourth-order valence-corrected chi connectivity index (χ4v) is 4.81. The largest absolute Gasteiger partial charge is 0.305 e. The second-order valence-corrected chi connectivity index (χ2v) is 9.00. The van der Waals surface area contributed by atoms with Gasteiger partial charge in [0, 0.05) is 5.92 Å². The number of rotatable bonds is 1. The smallest absolute Gasteiger partial charge is 0.189 e. The summed E-state index contributed by atoms with van der Waals surface area (Å²) in [6.45, 7) is 6.33. The molecule has 148 valence electrons. The molecule has 3 rings (SSSR count). The topological polar surface area (TPSA) is 95.2 Å². The standard InChI is InChI=1S/C23H22F2N4/c1-22(2,3)14-5-6-15-16(9-14)20(13-4-7-18(24)19(25)8-13)23(11-27,12-28)21(29)17(15)10-26/h4,6-8,14,16-17,20,29H,5,9H2,1-3H3/t14-,16+,17?,20+/m1/s1. The van der Waals surface area contributed by atoms with Crippen LogP contribution >= 0.6 is 0 Å². The van der Waals surface area contributed by atoms with E-state index in [2.05, 4.69) is 26.8 Å². The van der Waals surface area contributed by atoms with Crippen LogP contribution in [-0.4, -0.2) is 5.71 Å². The first kappa shape index (κ1) is 20.7. The lowest BCUT2D eigenvalue weighted by molar-refractivity contribution is 0.168. The molecule has 2 aliphatic carbocycles. The lowest BCUT2D eigenvalue weighted by atomic mass is 9.51. The van der Waals surface area contributed by atoms with E-state index in [1.807, 2.05) is 18.2 Å². The van der Waals surface area contributed by atoms with Gasteiger partial charge in [-0.25, -0.2) is 8.78 Å². The average Bonchev–Trinajstić information content (AvgIpc) is 2.68. The van der Waals surface area contributed by atoms with Crippen LogP contribution in [0.5, 0.6) is 0 Å². The Bertz CT molecular complexity index is 999. The van der Waals surface area contributed by atoms with Crippen LogP contribution in [0, 0.1) is 79.6 Å². The normalized spacial score (nSPS) is 28.3. The highest BCUT2D eigenvalue weighted by molar-refractivity contribution is 6.00. The Morgan fingerprint density at radius 2 is 1.76 bits per heavy atom. The van der Waals surface area contributed by atoms with Gasteiger partial charge < -0.3 is 5.41 Å². The first-order valence-electron chi connectivity index (χ1n) is 9.56. The predicted octanol–water partition coefficient (Wildman–Crippen LogP) is 5.25. The maximum atomic E-state index is 14.1. The van der Waals surface area contributed by atoms with Crippen LogP contribution in [0.15, 0.2) is 29.8 Å². The summed E-state index contributed by atoms with van der Waals surface area (Å²) in [5.41, 5.74) is -1.22. The molecule has 0 saturated heterocycles. The summed E-state index contributed by atoms with van der Waals surface area (Å²) in [5.74, 6) is -4.03. The van der Waals surface area contributed by atoms with E-state index in [0.717, 1.165) is 18.6 Å². The number of benzene rings is 1. The highest BCUT2D eigenvalue weighted by atomic mass is 19.2. The zero-order chi connectivity index (χ0) is 21.6. The van der Waals surface area contributed by atoms with Gasteiger partial charge in [-0.05, 0) is 53.4 Å².